The monoisotopic (exact) mass is 324 g/mol. The molecule has 120 valence electrons. The van der Waals surface area contributed by atoms with Crippen LogP contribution in [0.25, 0.3) is 0 Å². The molecule has 1 N–H and O–H groups in total. The molecule has 0 bridgehead atoms. The van der Waals surface area contributed by atoms with Gasteiger partial charge >= 0.3 is 0 Å². The van der Waals surface area contributed by atoms with Crippen molar-refractivity contribution >= 4 is 15.9 Å². The van der Waals surface area contributed by atoms with E-state index in [4.69, 9.17) is 4.74 Å². The fraction of sp³-hybridized carbons (Fsp3) is 0.533. The van der Waals surface area contributed by atoms with Crippen molar-refractivity contribution in [2.75, 3.05) is 26.3 Å². The molecule has 1 saturated carbocycles. The van der Waals surface area contributed by atoms with E-state index in [-0.39, 0.29) is 16.8 Å². The maximum absolute atomic E-state index is 12.6. The zero-order chi connectivity index (χ0) is 15.7. The lowest BCUT2D eigenvalue weighted by Gasteiger charge is -2.26. The van der Waals surface area contributed by atoms with Gasteiger partial charge in [0.2, 0.25) is 10.0 Å². The van der Waals surface area contributed by atoms with Crippen molar-refractivity contribution < 1.29 is 17.9 Å². The minimum absolute atomic E-state index is 0.168. The molecular formula is C15H20N2O4S. The minimum Gasteiger partial charge on any atom is -0.379 e. The summed E-state index contributed by atoms with van der Waals surface area (Å²) in [5, 5.41) is 2.90. The largest absolute Gasteiger partial charge is 0.379 e. The third kappa shape index (κ3) is 3.16. The van der Waals surface area contributed by atoms with Crippen LogP contribution >= 0.6 is 0 Å². The molecule has 1 aromatic rings. The molecule has 1 aliphatic heterocycles. The van der Waals surface area contributed by atoms with Crippen LogP contribution in [0.15, 0.2) is 23.1 Å². The SMILES string of the molecule is Cc1ccc(S(=O)(=O)N2CCOCC2)cc1C(=O)NC1CC1. The number of ether oxygens (including phenoxy) is 1. The van der Waals surface area contributed by atoms with Gasteiger partial charge in [-0.15, -0.1) is 0 Å². The summed E-state index contributed by atoms with van der Waals surface area (Å²) in [7, 11) is -3.57. The van der Waals surface area contributed by atoms with Gasteiger partial charge in [0.05, 0.1) is 18.1 Å². The average molecular weight is 324 g/mol. The molecule has 22 heavy (non-hydrogen) atoms. The van der Waals surface area contributed by atoms with Gasteiger partial charge in [0, 0.05) is 24.7 Å². The van der Waals surface area contributed by atoms with E-state index in [1.807, 2.05) is 6.92 Å². The Balaban J connectivity index is 1.88. The van der Waals surface area contributed by atoms with Crippen LogP contribution in [-0.4, -0.2) is 51.0 Å². The predicted molar refractivity (Wildman–Crippen MR) is 81.2 cm³/mol. The zero-order valence-electron chi connectivity index (χ0n) is 12.5. The quantitative estimate of drug-likeness (QED) is 0.893. The van der Waals surface area contributed by atoms with Gasteiger partial charge in [-0.2, -0.15) is 4.31 Å². The first-order chi connectivity index (χ1) is 10.5. The lowest BCUT2D eigenvalue weighted by atomic mass is 10.1. The molecule has 0 spiro atoms. The van der Waals surface area contributed by atoms with E-state index in [2.05, 4.69) is 5.32 Å². The summed E-state index contributed by atoms with van der Waals surface area (Å²) >= 11 is 0. The minimum atomic E-state index is -3.57. The van der Waals surface area contributed by atoms with Gasteiger partial charge in [-0.05, 0) is 37.5 Å². The smallest absolute Gasteiger partial charge is 0.251 e. The summed E-state index contributed by atoms with van der Waals surface area (Å²) in [5.41, 5.74) is 1.21. The number of sulfonamides is 1. The summed E-state index contributed by atoms with van der Waals surface area (Å²) in [6.07, 6.45) is 1.99. The van der Waals surface area contributed by atoms with Gasteiger partial charge in [0.1, 0.15) is 0 Å². The molecule has 2 aliphatic rings. The third-order valence-electron chi connectivity index (χ3n) is 3.97. The Hall–Kier alpha value is -1.44. The molecule has 6 nitrogen and oxygen atoms in total. The standard InChI is InChI=1S/C15H20N2O4S/c1-11-2-5-13(10-14(11)15(18)16-12-3-4-12)22(19,20)17-6-8-21-9-7-17/h2,5,10,12H,3-4,6-9H2,1H3,(H,16,18). The van der Waals surface area contributed by atoms with Crippen molar-refractivity contribution in [1.82, 2.24) is 9.62 Å². The molecule has 1 saturated heterocycles. The number of benzene rings is 1. The number of carbonyl (C=O) groups excluding carboxylic acids is 1. The Morgan fingerprint density at radius 3 is 2.59 bits per heavy atom. The number of nitrogens with one attached hydrogen (secondary N) is 1. The Bertz CT molecular complexity index is 677. The lowest BCUT2D eigenvalue weighted by molar-refractivity contribution is 0.0730. The van der Waals surface area contributed by atoms with Gasteiger partial charge < -0.3 is 10.1 Å². The fourth-order valence-corrected chi connectivity index (χ4v) is 3.87. The Labute approximate surface area is 130 Å². The number of amides is 1. The van der Waals surface area contributed by atoms with E-state index in [0.29, 0.717) is 31.9 Å². The van der Waals surface area contributed by atoms with Gasteiger partial charge in [0.15, 0.2) is 0 Å². The molecule has 2 fully saturated rings. The highest BCUT2D eigenvalue weighted by molar-refractivity contribution is 7.89. The van der Waals surface area contributed by atoms with Crippen LogP contribution in [0.4, 0.5) is 0 Å². The van der Waals surface area contributed by atoms with Crippen LogP contribution in [0.5, 0.6) is 0 Å². The number of rotatable bonds is 4. The first kappa shape index (κ1) is 15.5. The summed E-state index contributed by atoms with van der Waals surface area (Å²) in [4.78, 5) is 12.4. The Morgan fingerprint density at radius 1 is 1.27 bits per heavy atom. The van der Waals surface area contributed by atoms with E-state index < -0.39 is 10.0 Å². The van der Waals surface area contributed by atoms with E-state index in [1.165, 1.54) is 10.4 Å². The van der Waals surface area contributed by atoms with Crippen LogP contribution in [-0.2, 0) is 14.8 Å². The Morgan fingerprint density at radius 2 is 1.95 bits per heavy atom. The second-order valence-corrected chi connectivity index (χ2v) is 7.68. The number of morpholine rings is 1. The maximum Gasteiger partial charge on any atom is 0.251 e. The summed E-state index contributed by atoms with van der Waals surface area (Å²) < 4.78 is 31.9. The van der Waals surface area contributed by atoms with Gasteiger partial charge in [-0.1, -0.05) is 6.07 Å². The molecular weight excluding hydrogens is 304 g/mol. The molecule has 0 atom stereocenters. The van der Waals surface area contributed by atoms with Crippen molar-refractivity contribution in [3.63, 3.8) is 0 Å². The van der Waals surface area contributed by atoms with Gasteiger partial charge in [0.25, 0.3) is 5.91 Å². The lowest BCUT2D eigenvalue weighted by Crippen LogP contribution is -2.40. The molecule has 1 heterocycles. The van der Waals surface area contributed by atoms with Crippen molar-refractivity contribution in [2.45, 2.75) is 30.7 Å². The van der Waals surface area contributed by atoms with Gasteiger partial charge in [-0.3, -0.25) is 4.79 Å². The van der Waals surface area contributed by atoms with Crippen molar-refractivity contribution in [1.29, 1.82) is 0 Å². The third-order valence-corrected chi connectivity index (χ3v) is 5.87. The summed E-state index contributed by atoms with van der Waals surface area (Å²) in [5.74, 6) is -0.195. The molecule has 3 rings (SSSR count). The van der Waals surface area contributed by atoms with E-state index in [9.17, 15) is 13.2 Å². The molecule has 0 radical (unpaired) electrons. The Kier molecular flexibility index (Phi) is 4.20. The predicted octanol–water partition coefficient (Wildman–Crippen LogP) is 0.908. The molecule has 7 heteroatoms. The highest BCUT2D eigenvalue weighted by atomic mass is 32.2. The van der Waals surface area contributed by atoms with Gasteiger partial charge in [-0.25, -0.2) is 8.42 Å². The highest BCUT2D eigenvalue weighted by Crippen LogP contribution is 2.23. The zero-order valence-corrected chi connectivity index (χ0v) is 13.4. The normalized spacial score (nSPS) is 19.9. The topological polar surface area (TPSA) is 75.7 Å². The number of aryl methyl sites for hydroxylation is 1. The van der Waals surface area contributed by atoms with Crippen molar-refractivity contribution in [3.8, 4) is 0 Å². The van der Waals surface area contributed by atoms with Crippen LogP contribution in [0.3, 0.4) is 0 Å². The summed E-state index contributed by atoms with van der Waals surface area (Å²) in [6.45, 7) is 3.31. The molecule has 0 aromatic heterocycles. The number of hydrogen-bond acceptors (Lipinski definition) is 4. The number of nitrogens with zero attached hydrogens (tertiary/aromatic N) is 1. The molecule has 1 amide bonds. The average Bonchev–Trinajstić information content (AvgIpc) is 3.32. The number of carbonyl (C=O) groups is 1. The first-order valence-corrected chi connectivity index (χ1v) is 8.92. The molecule has 1 aromatic carbocycles. The molecule has 1 aliphatic carbocycles. The van der Waals surface area contributed by atoms with Crippen LogP contribution < -0.4 is 5.32 Å². The van der Waals surface area contributed by atoms with E-state index >= 15 is 0 Å². The van der Waals surface area contributed by atoms with Crippen LogP contribution in [0, 0.1) is 6.92 Å². The van der Waals surface area contributed by atoms with Crippen LogP contribution in [0.2, 0.25) is 0 Å². The number of hydrogen-bond donors (Lipinski definition) is 1. The summed E-state index contributed by atoms with van der Waals surface area (Å²) in [6, 6.07) is 4.98. The highest BCUT2D eigenvalue weighted by Gasteiger charge is 2.28. The van der Waals surface area contributed by atoms with E-state index in [1.54, 1.807) is 12.1 Å². The van der Waals surface area contributed by atoms with E-state index in [0.717, 1.165) is 18.4 Å². The second-order valence-electron chi connectivity index (χ2n) is 5.74. The van der Waals surface area contributed by atoms with Crippen LogP contribution in [0.1, 0.15) is 28.8 Å². The first-order valence-electron chi connectivity index (χ1n) is 7.48. The fourth-order valence-electron chi connectivity index (χ4n) is 2.43. The maximum atomic E-state index is 12.6. The van der Waals surface area contributed by atoms with Crippen molar-refractivity contribution in [3.05, 3.63) is 29.3 Å². The second kappa shape index (κ2) is 5.98. The molecule has 0 unspecified atom stereocenters. The van der Waals surface area contributed by atoms with Crippen molar-refractivity contribution in [2.24, 2.45) is 0 Å².